The van der Waals surface area contributed by atoms with Crippen LogP contribution in [0.3, 0.4) is 0 Å². The van der Waals surface area contributed by atoms with Crippen LogP contribution < -0.4 is 0 Å². The molecule has 0 aliphatic carbocycles. The van der Waals surface area contributed by atoms with Gasteiger partial charge in [0.1, 0.15) is 7.28 Å². The molecule has 0 saturated heterocycles. The molecule has 0 aromatic carbocycles. The summed E-state index contributed by atoms with van der Waals surface area (Å²) in [5.41, 5.74) is 0. The second kappa shape index (κ2) is 7.06. The van der Waals surface area contributed by atoms with Crippen molar-refractivity contribution in [3.05, 3.63) is 0 Å². The van der Waals surface area contributed by atoms with Crippen LogP contribution in [0.2, 0.25) is 12.6 Å². The highest BCUT2D eigenvalue weighted by atomic mass is 13.7. The first kappa shape index (κ1) is 6.19. The molecule has 0 nitrogen and oxygen atoms in total. The van der Waals surface area contributed by atoms with Gasteiger partial charge < -0.3 is 0 Å². The molecule has 8 heavy (non-hydrogen) atoms. The molecule has 0 bridgehead atoms. The Morgan fingerprint density at radius 2 is 2.12 bits per heavy atom. The predicted octanol–water partition coefficient (Wildman–Crippen LogP) is 2.74. The maximum atomic E-state index is 7.42. The van der Waals surface area contributed by atoms with Gasteiger partial charge in [-0.3, -0.25) is 0 Å². The summed E-state index contributed by atoms with van der Waals surface area (Å²) in [5.74, 6) is 0. The highest BCUT2D eigenvalue weighted by Crippen LogP contribution is 1.97. The Morgan fingerprint density at radius 1 is 1.38 bits per heavy atom. The zero-order valence-electron chi connectivity index (χ0n) is 6.98. The van der Waals surface area contributed by atoms with E-state index in [4.69, 9.17) is 1.37 Å². The highest BCUT2D eigenvalue weighted by molar-refractivity contribution is 6.35. The van der Waals surface area contributed by atoms with Crippen LogP contribution in [0.4, 0.5) is 0 Å². The molecule has 47 valence electrons. The third-order valence-electron chi connectivity index (χ3n) is 1.08. The van der Waals surface area contributed by atoms with Gasteiger partial charge in [0.2, 0.25) is 0 Å². The molecule has 1 radical (unpaired) electrons. The fraction of sp³-hybridized carbons (Fsp3) is 1.00. The van der Waals surface area contributed by atoms with Gasteiger partial charge in [0.15, 0.2) is 0 Å². The molecule has 0 spiro atoms. The summed E-state index contributed by atoms with van der Waals surface area (Å²) < 4.78 is 7.42. The molecule has 1 unspecified atom stereocenters. The van der Waals surface area contributed by atoms with E-state index in [1.54, 1.807) is 0 Å². The predicted molar refractivity (Wildman–Crippen MR) is 40.6 cm³/mol. The van der Waals surface area contributed by atoms with Crippen molar-refractivity contribution in [2.45, 2.75) is 45.7 Å². The molecule has 0 amide bonds. The van der Waals surface area contributed by atoms with Gasteiger partial charge in [-0.15, -0.1) is 0 Å². The van der Waals surface area contributed by atoms with Gasteiger partial charge in [0.25, 0.3) is 0 Å². The summed E-state index contributed by atoms with van der Waals surface area (Å²) in [6.07, 6.45) is 4.54. The van der Waals surface area contributed by atoms with Gasteiger partial charge in [-0.1, -0.05) is 45.7 Å². The quantitative estimate of drug-likeness (QED) is 0.481. The lowest BCUT2D eigenvalue weighted by Crippen LogP contribution is -1.85. The zero-order valence-corrected chi connectivity index (χ0v) is 5.98. The molecule has 0 aliphatic rings. The Kier molecular flexibility index (Phi) is 5.47. The topological polar surface area (TPSA) is 0 Å². The van der Waals surface area contributed by atoms with Gasteiger partial charge in [0.05, 0.1) is 0 Å². The normalized spacial score (nSPS) is 15.0. The van der Waals surface area contributed by atoms with Gasteiger partial charge in [0, 0.05) is 1.37 Å². The molecular weight excluding hydrogens is 94.9 g/mol. The van der Waals surface area contributed by atoms with Crippen LogP contribution in [0.5, 0.6) is 0 Å². The third-order valence-corrected chi connectivity index (χ3v) is 1.08. The van der Waals surface area contributed by atoms with Gasteiger partial charge in [-0.2, -0.15) is 0 Å². The van der Waals surface area contributed by atoms with Crippen molar-refractivity contribution in [2.75, 3.05) is 0 Å². The Morgan fingerprint density at radius 3 is 2.62 bits per heavy atom. The van der Waals surface area contributed by atoms with Crippen molar-refractivity contribution in [1.82, 2.24) is 0 Å². The summed E-state index contributed by atoms with van der Waals surface area (Å²) in [6.45, 7) is 4.27. The molecule has 1 heteroatoms. The summed E-state index contributed by atoms with van der Waals surface area (Å²) in [5, 5.41) is 0. The summed E-state index contributed by atoms with van der Waals surface area (Å²) in [6, 6.07) is 0. The minimum Gasteiger partial charge on any atom is -0.0806 e. The van der Waals surface area contributed by atoms with E-state index in [0.29, 0.717) is 0 Å². The van der Waals surface area contributed by atoms with Crippen molar-refractivity contribution in [1.29, 1.82) is 0 Å². The van der Waals surface area contributed by atoms with E-state index in [2.05, 4.69) is 21.1 Å². The Bertz CT molecular complexity index is 56.9. The van der Waals surface area contributed by atoms with Gasteiger partial charge >= 0.3 is 0 Å². The van der Waals surface area contributed by atoms with Crippen LogP contribution in [-0.2, 0) is 0 Å². The lowest BCUT2D eigenvalue weighted by molar-refractivity contribution is 0.874. The zero-order chi connectivity index (χ0) is 7.11. The molecule has 0 rings (SSSR count). The van der Waals surface area contributed by atoms with E-state index in [1.165, 1.54) is 6.42 Å². The second-order valence-corrected chi connectivity index (χ2v) is 2.05. The van der Waals surface area contributed by atoms with Crippen molar-refractivity contribution < 1.29 is 1.37 Å². The van der Waals surface area contributed by atoms with Gasteiger partial charge in [-0.05, 0) is 0 Å². The van der Waals surface area contributed by atoms with Crippen molar-refractivity contribution in [3.8, 4) is 0 Å². The van der Waals surface area contributed by atoms with Crippen LogP contribution in [0.15, 0.2) is 0 Å². The average molecular weight is 113 g/mol. The third kappa shape index (κ3) is 6.06. The SMILES string of the molecule is [3H]C([B]CCC)CCC. The summed E-state index contributed by atoms with van der Waals surface area (Å²) >= 11 is 0. The molecular formula is C7H16B. The van der Waals surface area contributed by atoms with Gasteiger partial charge in [-0.25, -0.2) is 0 Å². The average Bonchev–Trinajstić information content (AvgIpc) is 1.85. The number of hydrogen-bond acceptors (Lipinski definition) is 0. The van der Waals surface area contributed by atoms with Crippen molar-refractivity contribution in [3.63, 3.8) is 0 Å². The van der Waals surface area contributed by atoms with E-state index in [9.17, 15) is 0 Å². The molecule has 1 atom stereocenters. The molecule has 0 N–H and O–H groups in total. The van der Waals surface area contributed by atoms with E-state index >= 15 is 0 Å². The van der Waals surface area contributed by atoms with E-state index < -0.39 is 0 Å². The Hall–Kier alpha value is 0.0649. The maximum absolute atomic E-state index is 7.42. The first-order valence-electron chi connectivity index (χ1n) is 4.14. The standard InChI is InChI=1S/C7H16B/c1-3-5-7-8-6-4-2/h3-7H2,1-2H3/i7T. The van der Waals surface area contributed by atoms with E-state index in [1.807, 2.05) is 0 Å². The summed E-state index contributed by atoms with van der Waals surface area (Å²) in [7, 11) is 2.10. The van der Waals surface area contributed by atoms with Crippen LogP contribution in [0.25, 0.3) is 0 Å². The second-order valence-electron chi connectivity index (χ2n) is 2.05. The fourth-order valence-corrected chi connectivity index (χ4v) is 0.569. The van der Waals surface area contributed by atoms with E-state index in [-0.39, 0.29) is 6.30 Å². The first-order chi connectivity index (χ1) is 4.31. The van der Waals surface area contributed by atoms with Crippen LogP contribution in [0, 0.1) is 0 Å². The van der Waals surface area contributed by atoms with Crippen molar-refractivity contribution in [2.24, 2.45) is 0 Å². The number of hydrogen-bond donors (Lipinski definition) is 0. The lowest BCUT2D eigenvalue weighted by atomic mass is 9.69. The maximum Gasteiger partial charge on any atom is 0.109 e. The molecule has 0 aromatic heterocycles. The highest BCUT2D eigenvalue weighted by Gasteiger charge is 1.85. The van der Waals surface area contributed by atoms with Crippen LogP contribution in [0.1, 0.15) is 34.5 Å². The lowest BCUT2D eigenvalue weighted by Gasteiger charge is -1.91. The minimum atomic E-state index is 0.0925. The molecule has 0 aliphatic heterocycles. The minimum absolute atomic E-state index is 0.0925. The summed E-state index contributed by atoms with van der Waals surface area (Å²) in [4.78, 5) is 0. The van der Waals surface area contributed by atoms with E-state index in [0.717, 1.165) is 19.2 Å². The van der Waals surface area contributed by atoms with Crippen molar-refractivity contribution >= 4 is 7.28 Å². The Balaban J connectivity index is 2.95. The Labute approximate surface area is 55.3 Å². The monoisotopic (exact) mass is 113 g/mol. The largest absolute Gasteiger partial charge is 0.109 e. The first-order valence-corrected chi connectivity index (χ1v) is 3.56. The fourth-order valence-electron chi connectivity index (χ4n) is 0.569. The molecule has 0 fully saturated rings. The smallest absolute Gasteiger partial charge is 0.0806 e. The van der Waals surface area contributed by atoms with Crippen LogP contribution >= 0.6 is 0 Å². The number of rotatable bonds is 5. The molecule has 0 heterocycles. The van der Waals surface area contributed by atoms with Crippen LogP contribution in [-0.4, -0.2) is 7.28 Å². The molecule has 0 aromatic rings. The molecule has 0 saturated carbocycles.